The SMILES string of the molecule is Cc1cc(N2CCC(CCl)CC2)c2ccccc2n1. The average Bonchev–Trinajstić information content (AvgIpc) is 2.46. The summed E-state index contributed by atoms with van der Waals surface area (Å²) >= 11 is 5.97. The minimum Gasteiger partial charge on any atom is -0.371 e. The first-order valence-electron chi connectivity index (χ1n) is 6.95. The highest BCUT2D eigenvalue weighted by atomic mass is 35.5. The molecule has 100 valence electrons. The molecule has 0 radical (unpaired) electrons. The molecule has 0 spiro atoms. The number of pyridine rings is 1. The van der Waals surface area contributed by atoms with Crippen LogP contribution in [0.3, 0.4) is 0 Å². The van der Waals surface area contributed by atoms with Crippen LogP contribution in [-0.4, -0.2) is 24.0 Å². The third-order valence-electron chi connectivity index (χ3n) is 4.00. The number of aromatic nitrogens is 1. The second-order valence-corrected chi connectivity index (χ2v) is 5.69. The molecular weight excluding hydrogens is 256 g/mol. The highest BCUT2D eigenvalue weighted by Crippen LogP contribution is 2.30. The smallest absolute Gasteiger partial charge is 0.0726 e. The highest BCUT2D eigenvalue weighted by molar-refractivity contribution is 6.18. The summed E-state index contributed by atoms with van der Waals surface area (Å²) < 4.78 is 0. The second kappa shape index (κ2) is 5.38. The monoisotopic (exact) mass is 274 g/mol. The molecule has 19 heavy (non-hydrogen) atoms. The van der Waals surface area contributed by atoms with Gasteiger partial charge >= 0.3 is 0 Å². The minimum absolute atomic E-state index is 0.687. The fourth-order valence-electron chi connectivity index (χ4n) is 2.88. The molecule has 1 aliphatic heterocycles. The molecule has 0 atom stereocenters. The largest absolute Gasteiger partial charge is 0.371 e. The number of piperidine rings is 1. The molecule has 0 amide bonds. The third-order valence-corrected chi connectivity index (χ3v) is 4.43. The molecular formula is C16H19ClN2. The van der Waals surface area contributed by atoms with Gasteiger partial charge in [0.25, 0.3) is 0 Å². The number of anilines is 1. The Morgan fingerprint density at radius 2 is 2.00 bits per heavy atom. The zero-order valence-electron chi connectivity index (χ0n) is 11.3. The summed E-state index contributed by atoms with van der Waals surface area (Å²) in [5.41, 5.74) is 3.52. The summed E-state index contributed by atoms with van der Waals surface area (Å²) in [5.74, 6) is 1.48. The number of rotatable bonds is 2. The van der Waals surface area contributed by atoms with E-state index in [1.54, 1.807) is 0 Å². The van der Waals surface area contributed by atoms with Crippen LogP contribution in [-0.2, 0) is 0 Å². The average molecular weight is 275 g/mol. The van der Waals surface area contributed by atoms with Crippen LogP contribution in [0.1, 0.15) is 18.5 Å². The van der Waals surface area contributed by atoms with E-state index in [1.807, 2.05) is 0 Å². The first-order valence-corrected chi connectivity index (χ1v) is 7.48. The van der Waals surface area contributed by atoms with Gasteiger partial charge in [0.1, 0.15) is 0 Å². The fourth-order valence-corrected chi connectivity index (χ4v) is 3.18. The molecule has 1 aromatic heterocycles. The van der Waals surface area contributed by atoms with E-state index in [0.29, 0.717) is 5.92 Å². The van der Waals surface area contributed by atoms with Crippen molar-refractivity contribution in [1.29, 1.82) is 0 Å². The van der Waals surface area contributed by atoms with Crippen LogP contribution in [0.5, 0.6) is 0 Å². The third kappa shape index (κ3) is 2.55. The van der Waals surface area contributed by atoms with Gasteiger partial charge in [0.2, 0.25) is 0 Å². The Bertz CT molecular complexity index is 574. The normalized spacial score (nSPS) is 17.1. The van der Waals surface area contributed by atoms with Gasteiger partial charge in [-0.05, 0) is 37.8 Å². The second-order valence-electron chi connectivity index (χ2n) is 5.38. The van der Waals surface area contributed by atoms with Crippen LogP contribution in [0, 0.1) is 12.8 Å². The standard InChI is InChI=1S/C16H19ClN2/c1-12-10-16(14-4-2-3-5-15(14)18-12)19-8-6-13(11-17)7-9-19/h2-5,10,13H,6-9,11H2,1H3. The summed E-state index contributed by atoms with van der Waals surface area (Å²) in [5, 5.41) is 1.26. The van der Waals surface area contributed by atoms with Gasteiger partial charge in [0, 0.05) is 35.7 Å². The van der Waals surface area contributed by atoms with Crippen LogP contribution in [0.15, 0.2) is 30.3 Å². The lowest BCUT2D eigenvalue weighted by molar-refractivity contribution is 0.443. The highest BCUT2D eigenvalue weighted by Gasteiger charge is 2.20. The van der Waals surface area contributed by atoms with Gasteiger partial charge in [-0.25, -0.2) is 0 Å². The Kier molecular flexibility index (Phi) is 3.61. The van der Waals surface area contributed by atoms with Crippen LogP contribution in [0.25, 0.3) is 10.9 Å². The number of halogens is 1. The molecule has 1 aliphatic rings. The Morgan fingerprint density at radius 1 is 1.26 bits per heavy atom. The number of aryl methyl sites for hydroxylation is 1. The number of benzene rings is 1. The maximum atomic E-state index is 5.97. The fraction of sp³-hybridized carbons (Fsp3) is 0.438. The van der Waals surface area contributed by atoms with E-state index in [-0.39, 0.29) is 0 Å². The van der Waals surface area contributed by atoms with Crippen LogP contribution < -0.4 is 4.90 Å². The van der Waals surface area contributed by atoms with Gasteiger partial charge in [-0.3, -0.25) is 4.98 Å². The van der Waals surface area contributed by atoms with E-state index in [0.717, 1.165) is 30.2 Å². The van der Waals surface area contributed by atoms with Gasteiger partial charge in [0.15, 0.2) is 0 Å². The molecule has 3 rings (SSSR count). The molecule has 0 unspecified atom stereocenters. The number of alkyl halides is 1. The van der Waals surface area contributed by atoms with Crippen molar-refractivity contribution in [2.24, 2.45) is 5.92 Å². The molecule has 0 saturated carbocycles. The van der Waals surface area contributed by atoms with Crippen molar-refractivity contribution >= 4 is 28.2 Å². The van der Waals surface area contributed by atoms with E-state index in [9.17, 15) is 0 Å². The van der Waals surface area contributed by atoms with E-state index in [4.69, 9.17) is 11.6 Å². The lowest BCUT2D eigenvalue weighted by atomic mass is 9.98. The van der Waals surface area contributed by atoms with E-state index in [2.05, 4.69) is 47.1 Å². The molecule has 2 nitrogen and oxygen atoms in total. The lowest BCUT2D eigenvalue weighted by Gasteiger charge is -2.33. The number of fused-ring (bicyclic) bond motifs is 1. The maximum Gasteiger partial charge on any atom is 0.0726 e. The van der Waals surface area contributed by atoms with Crippen LogP contribution in [0.4, 0.5) is 5.69 Å². The quantitative estimate of drug-likeness (QED) is 0.770. The Morgan fingerprint density at radius 3 is 2.74 bits per heavy atom. The minimum atomic E-state index is 0.687. The number of para-hydroxylation sites is 1. The molecule has 1 saturated heterocycles. The maximum absolute atomic E-state index is 5.97. The molecule has 2 aromatic rings. The van der Waals surface area contributed by atoms with Gasteiger partial charge in [-0.2, -0.15) is 0 Å². The Balaban J connectivity index is 1.96. The summed E-state index contributed by atoms with van der Waals surface area (Å²) in [4.78, 5) is 7.10. The van der Waals surface area contributed by atoms with Gasteiger partial charge < -0.3 is 4.90 Å². The van der Waals surface area contributed by atoms with Crippen molar-refractivity contribution in [3.05, 3.63) is 36.0 Å². The molecule has 3 heteroatoms. The van der Waals surface area contributed by atoms with E-state index >= 15 is 0 Å². The van der Waals surface area contributed by atoms with Crippen molar-refractivity contribution < 1.29 is 0 Å². The van der Waals surface area contributed by atoms with Gasteiger partial charge in [-0.15, -0.1) is 11.6 Å². The van der Waals surface area contributed by atoms with Crippen molar-refractivity contribution in [3.8, 4) is 0 Å². The lowest BCUT2D eigenvalue weighted by Crippen LogP contribution is -2.34. The van der Waals surface area contributed by atoms with Crippen molar-refractivity contribution in [2.75, 3.05) is 23.9 Å². The topological polar surface area (TPSA) is 16.1 Å². The molecule has 1 aromatic carbocycles. The van der Waals surface area contributed by atoms with Crippen molar-refractivity contribution in [3.63, 3.8) is 0 Å². The van der Waals surface area contributed by atoms with E-state index in [1.165, 1.54) is 23.9 Å². The number of hydrogen-bond acceptors (Lipinski definition) is 2. The first kappa shape index (κ1) is 12.7. The van der Waals surface area contributed by atoms with Crippen LogP contribution in [0.2, 0.25) is 0 Å². The predicted octanol–water partition coefficient (Wildman–Crippen LogP) is 4.00. The number of hydrogen-bond donors (Lipinski definition) is 0. The summed E-state index contributed by atoms with van der Waals surface area (Å²) in [6.45, 7) is 4.27. The predicted molar refractivity (Wildman–Crippen MR) is 82.1 cm³/mol. The molecule has 1 fully saturated rings. The summed E-state index contributed by atoms with van der Waals surface area (Å²) in [6.07, 6.45) is 2.39. The van der Waals surface area contributed by atoms with Gasteiger partial charge in [0.05, 0.1) is 5.52 Å². The van der Waals surface area contributed by atoms with Gasteiger partial charge in [-0.1, -0.05) is 18.2 Å². The first-order chi connectivity index (χ1) is 9.28. The van der Waals surface area contributed by atoms with Crippen molar-refractivity contribution in [2.45, 2.75) is 19.8 Å². The molecule has 0 bridgehead atoms. The zero-order chi connectivity index (χ0) is 13.2. The Labute approximate surface area is 119 Å². The van der Waals surface area contributed by atoms with Crippen molar-refractivity contribution in [1.82, 2.24) is 4.98 Å². The summed E-state index contributed by atoms with van der Waals surface area (Å²) in [6, 6.07) is 10.6. The zero-order valence-corrected chi connectivity index (χ0v) is 12.0. The Hall–Kier alpha value is -1.28. The molecule has 0 aliphatic carbocycles. The summed E-state index contributed by atoms with van der Waals surface area (Å²) in [7, 11) is 0. The number of nitrogens with zero attached hydrogens (tertiary/aromatic N) is 2. The molecule has 0 N–H and O–H groups in total. The van der Waals surface area contributed by atoms with Crippen LogP contribution >= 0.6 is 11.6 Å². The molecule has 2 heterocycles. The van der Waals surface area contributed by atoms with E-state index < -0.39 is 0 Å².